The number of hydrogen-bond donors (Lipinski definition) is 2. The van der Waals surface area contributed by atoms with Gasteiger partial charge in [-0.2, -0.15) is 0 Å². The minimum atomic E-state index is -0.138. The van der Waals surface area contributed by atoms with Gasteiger partial charge in [-0.1, -0.05) is 6.92 Å². The summed E-state index contributed by atoms with van der Waals surface area (Å²) in [5, 5.41) is 9.34. The lowest BCUT2D eigenvalue weighted by Gasteiger charge is -2.40. The molecule has 1 rings (SSSR count). The van der Waals surface area contributed by atoms with Crippen molar-refractivity contribution < 1.29 is 5.11 Å². The maximum Gasteiger partial charge on any atom is 0.0609 e. The van der Waals surface area contributed by atoms with E-state index >= 15 is 0 Å². The second-order valence-corrected chi connectivity index (χ2v) is 6.19. The van der Waals surface area contributed by atoms with Crippen LogP contribution in [0.25, 0.3) is 0 Å². The Bertz CT molecular complexity index is 218. The largest absolute Gasteiger partial charge is 0.394 e. The molecule has 3 N–H and O–H groups in total. The summed E-state index contributed by atoms with van der Waals surface area (Å²) >= 11 is 0. The average molecular weight is 228 g/mol. The van der Waals surface area contributed by atoms with Crippen molar-refractivity contribution >= 4 is 0 Å². The number of nitrogens with zero attached hydrogens (tertiary/aromatic N) is 1. The van der Waals surface area contributed by atoms with E-state index in [0.717, 1.165) is 18.9 Å². The van der Waals surface area contributed by atoms with Crippen molar-refractivity contribution in [3.8, 4) is 0 Å². The fourth-order valence-electron chi connectivity index (χ4n) is 2.45. The Morgan fingerprint density at radius 1 is 1.38 bits per heavy atom. The SMILES string of the molecule is CC1CCC(N)C(CN(C)C(C)(C)CO)C1. The maximum absolute atomic E-state index is 9.34. The molecule has 3 nitrogen and oxygen atoms in total. The van der Waals surface area contributed by atoms with Gasteiger partial charge in [0, 0.05) is 18.1 Å². The summed E-state index contributed by atoms with van der Waals surface area (Å²) < 4.78 is 0. The lowest BCUT2D eigenvalue weighted by atomic mass is 9.78. The van der Waals surface area contributed by atoms with Gasteiger partial charge in [0.25, 0.3) is 0 Å². The highest BCUT2D eigenvalue weighted by Crippen LogP contribution is 2.29. The van der Waals surface area contributed by atoms with Crippen LogP contribution in [-0.4, -0.2) is 41.8 Å². The highest BCUT2D eigenvalue weighted by Gasteiger charge is 2.30. The van der Waals surface area contributed by atoms with Gasteiger partial charge in [-0.05, 0) is 52.0 Å². The van der Waals surface area contributed by atoms with Crippen molar-refractivity contribution in [2.45, 2.75) is 51.6 Å². The van der Waals surface area contributed by atoms with Gasteiger partial charge in [0.05, 0.1) is 6.61 Å². The molecule has 1 saturated carbocycles. The van der Waals surface area contributed by atoms with Crippen molar-refractivity contribution in [3.05, 3.63) is 0 Å². The summed E-state index contributed by atoms with van der Waals surface area (Å²) in [5.41, 5.74) is 6.05. The van der Waals surface area contributed by atoms with E-state index in [2.05, 4.69) is 32.7 Å². The van der Waals surface area contributed by atoms with Crippen molar-refractivity contribution in [1.82, 2.24) is 4.90 Å². The molecule has 0 aromatic rings. The fourth-order valence-corrected chi connectivity index (χ4v) is 2.45. The van der Waals surface area contributed by atoms with Gasteiger partial charge < -0.3 is 10.8 Å². The monoisotopic (exact) mass is 228 g/mol. The van der Waals surface area contributed by atoms with E-state index in [-0.39, 0.29) is 12.1 Å². The molecule has 3 heteroatoms. The van der Waals surface area contributed by atoms with Gasteiger partial charge in [-0.3, -0.25) is 4.90 Å². The molecule has 0 aromatic carbocycles. The molecule has 0 heterocycles. The molecule has 0 radical (unpaired) electrons. The van der Waals surface area contributed by atoms with Gasteiger partial charge in [0.15, 0.2) is 0 Å². The highest BCUT2D eigenvalue weighted by molar-refractivity contribution is 4.86. The van der Waals surface area contributed by atoms with Crippen LogP contribution in [0, 0.1) is 11.8 Å². The van der Waals surface area contributed by atoms with E-state index in [9.17, 15) is 5.11 Å². The summed E-state index contributed by atoms with van der Waals surface area (Å²) in [6.45, 7) is 7.66. The normalized spacial score (nSPS) is 32.1. The van der Waals surface area contributed by atoms with Crippen LogP contribution in [0.3, 0.4) is 0 Å². The zero-order chi connectivity index (χ0) is 12.3. The first kappa shape index (κ1) is 13.9. The van der Waals surface area contributed by atoms with Gasteiger partial charge in [-0.25, -0.2) is 0 Å². The van der Waals surface area contributed by atoms with Crippen LogP contribution in [0.1, 0.15) is 40.0 Å². The summed E-state index contributed by atoms with van der Waals surface area (Å²) in [6, 6.07) is 0.341. The first-order valence-electron chi connectivity index (χ1n) is 6.44. The topological polar surface area (TPSA) is 49.5 Å². The summed E-state index contributed by atoms with van der Waals surface area (Å²) in [7, 11) is 2.09. The van der Waals surface area contributed by atoms with E-state index in [1.54, 1.807) is 0 Å². The minimum absolute atomic E-state index is 0.138. The molecular weight excluding hydrogens is 200 g/mol. The molecule has 16 heavy (non-hydrogen) atoms. The van der Waals surface area contributed by atoms with Crippen molar-refractivity contribution in [2.75, 3.05) is 20.2 Å². The van der Waals surface area contributed by atoms with Crippen LogP contribution < -0.4 is 5.73 Å². The highest BCUT2D eigenvalue weighted by atomic mass is 16.3. The Morgan fingerprint density at radius 3 is 2.56 bits per heavy atom. The van der Waals surface area contributed by atoms with Crippen LogP contribution in [-0.2, 0) is 0 Å². The van der Waals surface area contributed by atoms with E-state index in [4.69, 9.17) is 5.73 Å². The summed E-state index contributed by atoms with van der Waals surface area (Å²) in [4.78, 5) is 2.25. The second-order valence-electron chi connectivity index (χ2n) is 6.19. The molecular formula is C13H28N2O. The standard InChI is InChI=1S/C13H28N2O/c1-10-5-6-12(14)11(7-10)8-15(4)13(2,3)9-16/h10-12,16H,5-9,14H2,1-4H3. The Morgan fingerprint density at radius 2 is 2.00 bits per heavy atom. The predicted molar refractivity (Wildman–Crippen MR) is 68.3 cm³/mol. The van der Waals surface area contributed by atoms with Gasteiger partial charge in [0.1, 0.15) is 0 Å². The third-order valence-electron chi connectivity index (χ3n) is 4.23. The van der Waals surface area contributed by atoms with Crippen LogP contribution in [0.2, 0.25) is 0 Å². The number of nitrogens with two attached hydrogens (primary N) is 1. The lowest BCUT2D eigenvalue weighted by Crippen LogP contribution is -2.50. The molecule has 0 amide bonds. The van der Waals surface area contributed by atoms with Crippen LogP contribution in [0.15, 0.2) is 0 Å². The van der Waals surface area contributed by atoms with Crippen LogP contribution in [0.4, 0.5) is 0 Å². The number of aliphatic hydroxyl groups is 1. The predicted octanol–water partition coefficient (Wildman–Crippen LogP) is 1.45. The third kappa shape index (κ3) is 3.44. The molecule has 0 spiro atoms. The quantitative estimate of drug-likeness (QED) is 0.766. The first-order chi connectivity index (χ1) is 7.36. The molecule has 1 aliphatic carbocycles. The molecule has 3 atom stereocenters. The van der Waals surface area contributed by atoms with Crippen molar-refractivity contribution in [3.63, 3.8) is 0 Å². The number of likely N-dealkylation sites (N-methyl/N-ethyl adjacent to an activating group) is 1. The molecule has 0 bridgehead atoms. The fraction of sp³-hybridized carbons (Fsp3) is 1.00. The number of aliphatic hydroxyl groups excluding tert-OH is 1. The average Bonchev–Trinajstić information content (AvgIpc) is 2.23. The summed E-state index contributed by atoms with van der Waals surface area (Å²) in [5.74, 6) is 1.38. The van der Waals surface area contributed by atoms with Gasteiger partial charge in [-0.15, -0.1) is 0 Å². The molecule has 3 unspecified atom stereocenters. The minimum Gasteiger partial charge on any atom is -0.394 e. The first-order valence-corrected chi connectivity index (χ1v) is 6.44. The molecule has 0 aromatic heterocycles. The third-order valence-corrected chi connectivity index (χ3v) is 4.23. The zero-order valence-corrected chi connectivity index (χ0v) is 11.2. The van der Waals surface area contributed by atoms with E-state index in [1.807, 2.05) is 0 Å². The van der Waals surface area contributed by atoms with Crippen molar-refractivity contribution in [1.29, 1.82) is 0 Å². The second kappa shape index (κ2) is 5.48. The lowest BCUT2D eigenvalue weighted by molar-refractivity contribution is 0.0530. The molecule has 1 fully saturated rings. The van der Waals surface area contributed by atoms with Gasteiger partial charge >= 0.3 is 0 Å². The van der Waals surface area contributed by atoms with Crippen LogP contribution >= 0.6 is 0 Å². The van der Waals surface area contributed by atoms with E-state index < -0.39 is 0 Å². The molecule has 96 valence electrons. The Balaban J connectivity index is 2.52. The summed E-state index contributed by atoms with van der Waals surface area (Å²) in [6.07, 6.45) is 3.65. The van der Waals surface area contributed by atoms with Crippen LogP contribution in [0.5, 0.6) is 0 Å². The smallest absolute Gasteiger partial charge is 0.0609 e. The van der Waals surface area contributed by atoms with Gasteiger partial charge in [0.2, 0.25) is 0 Å². The Kier molecular flexibility index (Phi) is 4.77. The van der Waals surface area contributed by atoms with E-state index in [0.29, 0.717) is 12.0 Å². The molecule has 0 saturated heterocycles. The zero-order valence-electron chi connectivity index (χ0n) is 11.2. The Labute approximate surface area is 100 Å². The number of hydrogen-bond acceptors (Lipinski definition) is 3. The maximum atomic E-state index is 9.34. The van der Waals surface area contributed by atoms with E-state index in [1.165, 1.54) is 12.8 Å². The van der Waals surface area contributed by atoms with Crippen molar-refractivity contribution in [2.24, 2.45) is 17.6 Å². The Hall–Kier alpha value is -0.120. The molecule has 0 aliphatic heterocycles. The molecule has 1 aliphatic rings. The number of rotatable bonds is 4.